The van der Waals surface area contributed by atoms with Gasteiger partial charge in [-0.25, -0.2) is 17.5 Å². The Bertz CT molecular complexity index is 890. The predicted octanol–water partition coefficient (Wildman–Crippen LogP) is 2.37. The molecule has 0 aromatic heterocycles. The summed E-state index contributed by atoms with van der Waals surface area (Å²) in [4.78, 5) is 24.5. The maximum atomic E-state index is 13.1. The van der Waals surface area contributed by atoms with Gasteiger partial charge in [-0.05, 0) is 42.7 Å². The third-order valence-electron chi connectivity index (χ3n) is 7.00. The van der Waals surface area contributed by atoms with Crippen molar-refractivity contribution in [2.45, 2.75) is 39.2 Å². The first-order valence-corrected chi connectivity index (χ1v) is 10.1. The number of carboxylic acid groups (broad SMARTS) is 1. The lowest BCUT2D eigenvalue weighted by Crippen LogP contribution is -2.44. The average Bonchev–Trinajstić information content (AvgIpc) is 3.01. The largest absolute Gasteiger partial charge is 0.478 e. The van der Waals surface area contributed by atoms with Crippen molar-refractivity contribution in [3.63, 3.8) is 0 Å². The molecule has 3 aliphatic rings. The van der Waals surface area contributed by atoms with Gasteiger partial charge in [0.1, 0.15) is 0 Å². The molecule has 3 atom stereocenters. The van der Waals surface area contributed by atoms with Gasteiger partial charge in [-0.15, -0.1) is 0 Å². The number of aromatic carboxylic acids is 1. The van der Waals surface area contributed by atoms with Crippen molar-refractivity contribution in [2.75, 3.05) is 5.75 Å². The Hall–Kier alpha value is -1.89. The second kappa shape index (κ2) is 4.84. The molecule has 1 aromatic carbocycles. The van der Waals surface area contributed by atoms with Crippen LogP contribution in [0.2, 0.25) is 0 Å². The van der Waals surface area contributed by atoms with Crippen LogP contribution in [0.5, 0.6) is 0 Å². The third kappa shape index (κ3) is 1.93. The van der Waals surface area contributed by atoms with E-state index in [1.807, 2.05) is 0 Å². The van der Waals surface area contributed by atoms with Gasteiger partial charge in [0, 0.05) is 5.41 Å². The molecule has 25 heavy (non-hydrogen) atoms. The molecule has 2 aliphatic carbocycles. The Labute approximate surface area is 146 Å². The molecule has 4 rings (SSSR count). The van der Waals surface area contributed by atoms with E-state index >= 15 is 0 Å². The molecule has 7 heteroatoms. The van der Waals surface area contributed by atoms with Crippen molar-refractivity contribution in [1.29, 1.82) is 0 Å². The van der Waals surface area contributed by atoms with Crippen LogP contribution in [0, 0.1) is 16.7 Å². The van der Waals surface area contributed by atoms with Gasteiger partial charge in [-0.3, -0.25) is 4.79 Å². The van der Waals surface area contributed by atoms with Crippen molar-refractivity contribution >= 4 is 21.9 Å². The van der Waals surface area contributed by atoms with E-state index in [2.05, 4.69) is 13.8 Å². The minimum atomic E-state index is -3.76. The fraction of sp³-hybridized carbons (Fsp3) is 0.556. The molecule has 1 aliphatic heterocycles. The summed E-state index contributed by atoms with van der Waals surface area (Å²) < 4.78 is 26.8. The standard InChI is InChI=1S/C18H21NO5S/c1-17(2)11-7-8-18(17)10-25(23,24)19(14(18)9-11)15(20)12-5-3-4-6-13(12)16(21)22/h3-6,11,14H,7-10H2,1-2H3,(H,21,22)/t11-,14-,18-/m1/s1. The molecule has 1 N–H and O–H groups in total. The van der Waals surface area contributed by atoms with Gasteiger partial charge in [0.05, 0.1) is 22.9 Å². The van der Waals surface area contributed by atoms with E-state index in [1.165, 1.54) is 18.2 Å². The maximum absolute atomic E-state index is 13.1. The summed E-state index contributed by atoms with van der Waals surface area (Å²) in [6.07, 6.45) is 2.47. The van der Waals surface area contributed by atoms with Crippen LogP contribution in [0.15, 0.2) is 24.3 Å². The zero-order valence-corrected chi connectivity index (χ0v) is 15.0. The lowest BCUT2D eigenvalue weighted by molar-refractivity contribution is 0.0658. The lowest BCUT2D eigenvalue weighted by atomic mass is 9.69. The highest BCUT2D eigenvalue weighted by molar-refractivity contribution is 7.90. The van der Waals surface area contributed by atoms with E-state index in [1.54, 1.807) is 6.07 Å². The van der Waals surface area contributed by atoms with Crippen molar-refractivity contribution in [1.82, 2.24) is 4.31 Å². The Morgan fingerprint density at radius 1 is 1.20 bits per heavy atom. The number of carbonyl (C=O) groups is 2. The Balaban J connectivity index is 1.82. The van der Waals surface area contributed by atoms with E-state index in [-0.39, 0.29) is 28.3 Å². The number of fused-ring (bicyclic) bond motifs is 1. The highest BCUT2D eigenvalue weighted by Crippen LogP contribution is 2.70. The number of hydrogen-bond acceptors (Lipinski definition) is 4. The fourth-order valence-electron chi connectivity index (χ4n) is 5.53. The van der Waals surface area contributed by atoms with Crippen molar-refractivity contribution in [3.8, 4) is 0 Å². The normalized spacial score (nSPS) is 34.1. The molecule has 134 valence electrons. The number of carbonyl (C=O) groups excluding carboxylic acids is 1. The summed E-state index contributed by atoms with van der Waals surface area (Å²) in [5, 5.41) is 9.34. The second-order valence-electron chi connectivity index (χ2n) is 8.07. The van der Waals surface area contributed by atoms with Gasteiger partial charge in [0.25, 0.3) is 5.91 Å². The fourth-order valence-corrected chi connectivity index (χ4v) is 8.06. The molecule has 1 spiro atoms. The summed E-state index contributed by atoms with van der Waals surface area (Å²) in [6.45, 7) is 4.22. The number of nitrogens with zero attached hydrogens (tertiary/aromatic N) is 1. The monoisotopic (exact) mass is 363 g/mol. The van der Waals surface area contributed by atoms with Gasteiger partial charge >= 0.3 is 5.97 Å². The van der Waals surface area contributed by atoms with Gasteiger partial charge in [0.15, 0.2) is 0 Å². The summed E-state index contributed by atoms with van der Waals surface area (Å²) in [5.41, 5.74) is -0.765. The second-order valence-corrected chi connectivity index (χ2v) is 9.92. The molecule has 2 bridgehead atoms. The van der Waals surface area contributed by atoms with Gasteiger partial charge < -0.3 is 5.11 Å². The van der Waals surface area contributed by atoms with Crippen molar-refractivity contribution < 1.29 is 23.1 Å². The topological polar surface area (TPSA) is 91.8 Å². The minimum Gasteiger partial charge on any atom is -0.478 e. The number of amides is 1. The molecule has 0 unspecified atom stereocenters. The third-order valence-corrected chi connectivity index (χ3v) is 8.90. The van der Waals surface area contributed by atoms with Gasteiger partial charge in [0.2, 0.25) is 10.0 Å². The smallest absolute Gasteiger partial charge is 0.336 e. The Kier molecular flexibility index (Phi) is 3.21. The molecule has 0 radical (unpaired) electrons. The Morgan fingerprint density at radius 2 is 1.84 bits per heavy atom. The van der Waals surface area contributed by atoms with Crippen LogP contribution in [0.4, 0.5) is 0 Å². The Morgan fingerprint density at radius 3 is 2.44 bits per heavy atom. The van der Waals surface area contributed by atoms with Crippen LogP contribution >= 0.6 is 0 Å². The van der Waals surface area contributed by atoms with E-state index in [0.717, 1.165) is 17.1 Å². The molecular weight excluding hydrogens is 342 g/mol. The highest BCUT2D eigenvalue weighted by atomic mass is 32.2. The van der Waals surface area contributed by atoms with Gasteiger partial charge in [-0.2, -0.15) is 0 Å². The molecule has 3 fully saturated rings. The van der Waals surface area contributed by atoms with E-state index < -0.39 is 27.3 Å². The summed E-state index contributed by atoms with van der Waals surface area (Å²) >= 11 is 0. The number of benzene rings is 1. The minimum absolute atomic E-state index is 0.0187. The molecule has 6 nitrogen and oxygen atoms in total. The zero-order chi connectivity index (χ0) is 18.2. The van der Waals surface area contributed by atoms with Crippen LogP contribution in [0.25, 0.3) is 0 Å². The highest BCUT2D eigenvalue weighted by Gasteiger charge is 2.72. The molecular formula is C18H21NO5S. The van der Waals surface area contributed by atoms with Crippen LogP contribution in [-0.2, 0) is 10.0 Å². The van der Waals surface area contributed by atoms with Crippen LogP contribution < -0.4 is 0 Å². The quantitative estimate of drug-likeness (QED) is 0.871. The lowest BCUT2D eigenvalue weighted by Gasteiger charge is -2.37. The van der Waals surface area contributed by atoms with E-state index in [0.29, 0.717) is 12.3 Å². The molecule has 1 amide bonds. The van der Waals surface area contributed by atoms with E-state index in [9.17, 15) is 23.1 Å². The van der Waals surface area contributed by atoms with Crippen LogP contribution in [0.3, 0.4) is 0 Å². The first-order valence-electron chi connectivity index (χ1n) is 8.50. The number of hydrogen-bond donors (Lipinski definition) is 1. The summed E-state index contributed by atoms with van der Waals surface area (Å²) in [7, 11) is -3.76. The van der Waals surface area contributed by atoms with Gasteiger partial charge in [-0.1, -0.05) is 26.0 Å². The molecule has 1 saturated heterocycles. The summed E-state index contributed by atoms with van der Waals surface area (Å²) in [6, 6.07) is 5.45. The SMILES string of the molecule is CC1(C)[C@@H]2CC[C@]13CS(=O)(=O)N(C(=O)c1ccccc1C(=O)O)[C@@H]3C2. The predicted molar refractivity (Wildman–Crippen MR) is 90.7 cm³/mol. The van der Waals surface area contributed by atoms with Crippen LogP contribution in [-0.4, -0.2) is 41.5 Å². The molecule has 1 aromatic rings. The maximum Gasteiger partial charge on any atom is 0.336 e. The van der Waals surface area contributed by atoms with Crippen molar-refractivity contribution in [3.05, 3.63) is 35.4 Å². The number of carboxylic acids is 1. The average molecular weight is 363 g/mol. The summed E-state index contributed by atoms with van der Waals surface area (Å²) in [5.74, 6) is -1.56. The first-order chi connectivity index (χ1) is 11.6. The number of sulfonamides is 1. The first kappa shape index (κ1) is 16.6. The zero-order valence-electron chi connectivity index (χ0n) is 14.2. The molecule has 2 saturated carbocycles. The molecule has 1 heterocycles. The van der Waals surface area contributed by atoms with Crippen LogP contribution in [0.1, 0.15) is 53.8 Å². The van der Waals surface area contributed by atoms with Crippen molar-refractivity contribution in [2.24, 2.45) is 16.7 Å². The number of rotatable bonds is 2. The van der Waals surface area contributed by atoms with E-state index in [4.69, 9.17) is 0 Å².